The molecule has 0 radical (unpaired) electrons. The van der Waals surface area contributed by atoms with Crippen LogP contribution in [0.4, 0.5) is 0 Å². The average Bonchev–Trinajstić information content (AvgIpc) is 2.00. The van der Waals surface area contributed by atoms with E-state index < -0.39 is 0 Å². The molecule has 0 bridgehead atoms. The third-order valence-corrected chi connectivity index (χ3v) is 2.75. The molecule has 1 aliphatic heterocycles. The second kappa shape index (κ2) is 4.42. The molecule has 1 saturated heterocycles. The lowest BCUT2D eigenvalue weighted by Gasteiger charge is -2.33. The summed E-state index contributed by atoms with van der Waals surface area (Å²) >= 11 is 2.22. The fourth-order valence-corrected chi connectivity index (χ4v) is 1.91. The molecule has 3 atom stereocenters. The van der Waals surface area contributed by atoms with E-state index in [1.807, 2.05) is 4.08 Å². The van der Waals surface area contributed by atoms with Crippen molar-refractivity contribution in [3.63, 3.8) is 0 Å². The minimum absolute atomic E-state index is 0.234. The molecule has 1 fully saturated rings. The lowest BCUT2D eigenvalue weighted by atomic mass is 9.89. The molecule has 0 saturated carbocycles. The van der Waals surface area contributed by atoms with Gasteiger partial charge in [0.1, 0.15) is 0 Å². The van der Waals surface area contributed by atoms with E-state index >= 15 is 0 Å². The first kappa shape index (κ1) is 10.3. The van der Waals surface area contributed by atoms with Crippen LogP contribution in [-0.2, 0) is 4.74 Å². The van der Waals surface area contributed by atoms with Crippen molar-refractivity contribution >= 4 is 22.6 Å². The maximum Gasteiger partial charge on any atom is 0.0829 e. The third kappa shape index (κ3) is 2.33. The van der Waals surface area contributed by atoms with Crippen molar-refractivity contribution < 1.29 is 4.74 Å². The highest BCUT2D eigenvalue weighted by Gasteiger charge is 2.26. The van der Waals surface area contributed by atoms with Crippen molar-refractivity contribution in [2.45, 2.75) is 32.5 Å². The lowest BCUT2D eigenvalue weighted by molar-refractivity contribution is -0.0193. The average molecular weight is 278 g/mol. The molecule has 0 N–H and O–H groups in total. The zero-order chi connectivity index (χ0) is 9.14. The van der Waals surface area contributed by atoms with Gasteiger partial charge in [-0.15, -0.1) is 0 Å². The van der Waals surface area contributed by atoms with Gasteiger partial charge in [-0.2, -0.15) is 0 Å². The van der Waals surface area contributed by atoms with Crippen LogP contribution in [0.15, 0.2) is 22.3 Å². The molecule has 0 aromatic carbocycles. The number of hydrogen-bond donors (Lipinski definition) is 0. The fraction of sp³-hybridized carbons (Fsp3) is 0.600. The van der Waals surface area contributed by atoms with Gasteiger partial charge in [0, 0.05) is 5.92 Å². The van der Waals surface area contributed by atoms with Gasteiger partial charge in [0.05, 0.1) is 12.2 Å². The molecule has 0 aliphatic carbocycles. The molecule has 0 spiro atoms. The Morgan fingerprint density at radius 3 is 2.83 bits per heavy atom. The largest absolute Gasteiger partial charge is 0.370 e. The minimum atomic E-state index is 0.234. The molecular weight excluding hydrogens is 263 g/mol. The van der Waals surface area contributed by atoms with Crippen LogP contribution >= 0.6 is 22.6 Å². The van der Waals surface area contributed by atoms with Crippen LogP contribution in [0.3, 0.4) is 0 Å². The number of halogens is 1. The Bertz CT molecular complexity index is 198. The van der Waals surface area contributed by atoms with Gasteiger partial charge >= 0.3 is 0 Å². The van der Waals surface area contributed by atoms with Gasteiger partial charge in [-0.25, -0.2) is 0 Å². The van der Waals surface area contributed by atoms with Crippen molar-refractivity contribution in [1.82, 2.24) is 0 Å². The van der Waals surface area contributed by atoms with Crippen molar-refractivity contribution in [3.8, 4) is 0 Å². The molecule has 2 heteroatoms. The van der Waals surface area contributed by atoms with Crippen molar-refractivity contribution in [2.24, 2.45) is 5.92 Å². The zero-order valence-electron chi connectivity index (χ0n) is 7.59. The van der Waals surface area contributed by atoms with E-state index in [9.17, 15) is 0 Å². The maximum absolute atomic E-state index is 5.76. The summed E-state index contributed by atoms with van der Waals surface area (Å²) in [6.07, 6.45) is 3.67. The van der Waals surface area contributed by atoms with Crippen LogP contribution in [0.5, 0.6) is 0 Å². The van der Waals surface area contributed by atoms with E-state index in [0.717, 1.165) is 6.42 Å². The Hall–Kier alpha value is 0.170. The quantitative estimate of drug-likeness (QED) is 0.528. The minimum Gasteiger partial charge on any atom is -0.370 e. The molecule has 0 unspecified atom stereocenters. The molecule has 0 amide bonds. The molecule has 1 heterocycles. The van der Waals surface area contributed by atoms with Gasteiger partial charge in [0.2, 0.25) is 0 Å². The van der Waals surface area contributed by atoms with E-state index in [1.54, 1.807) is 0 Å². The molecule has 12 heavy (non-hydrogen) atoms. The van der Waals surface area contributed by atoms with Crippen LogP contribution in [0.1, 0.15) is 20.3 Å². The summed E-state index contributed by atoms with van der Waals surface area (Å²) in [5, 5.41) is 0. The maximum atomic E-state index is 5.76. The van der Waals surface area contributed by atoms with Crippen molar-refractivity contribution in [2.75, 3.05) is 0 Å². The summed E-state index contributed by atoms with van der Waals surface area (Å²) in [7, 11) is 0. The van der Waals surface area contributed by atoms with Crippen molar-refractivity contribution in [1.29, 1.82) is 0 Å². The van der Waals surface area contributed by atoms with Crippen LogP contribution in [0, 0.1) is 5.92 Å². The van der Waals surface area contributed by atoms with E-state index in [1.165, 1.54) is 5.57 Å². The summed E-state index contributed by atoms with van der Waals surface area (Å²) in [6, 6.07) is 0. The van der Waals surface area contributed by atoms with Gasteiger partial charge in [0.25, 0.3) is 0 Å². The molecule has 1 nitrogen and oxygen atoms in total. The molecule has 1 rings (SSSR count). The van der Waals surface area contributed by atoms with Crippen LogP contribution < -0.4 is 0 Å². The standard InChI is InChI=1S/C10H15IO/c1-7-6-8(2)12-10(4-5-11)9(7)3/h4-5,8-10H,1,6H2,2-3H3/b5-4+/t8-,9+,10-/m1/s1. The Morgan fingerprint density at radius 2 is 2.25 bits per heavy atom. The molecule has 0 aromatic heterocycles. The summed E-state index contributed by atoms with van der Waals surface area (Å²) in [5.74, 6) is 0.465. The second-order valence-corrected chi connectivity index (χ2v) is 4.10. The van der Waals surface area contributed by atoms with Crippen LogP contribution in [-0.4, -0.2) is 12.2 Å². The summed E-state index contributed by atoms with van der Waals surface area (Å²) in [6.45, 7) is 8.34. The highest BCUT2D eigenvalue weighted by molar-refractivity contribution is 14.1. The first-order valence-electron chi connectivity index (χ1n) is 4.25. The van der Waals surface area contributed by atoms with Crippen molar-refractivity contribution in [3.05, 3.63) is 22.3 Å². The van der Waals surface area contributed by atoms with Gasteiger partial charge in [-0.3, -0.25) is 0 Å². The highest BCUT2D eigenvalue weighted by atomic mass is 127. The third-order valence-electron chi connectivity index (χ3n) is 2.34. The summed E-state index contributed by atoms with van der Waals surface area (Å²) in [5.41, 5.74) is 1.31. The van der Waals surface area contributed by atoms with E-state index in [2.05, 4.69) is 49.1 Å². The number of hydrogen-bond acceptors (Lipinski definition) is 1. The Kier molecular flexibility index (Phi) is 3.77. The highest BCUT2D eigenvalue weighted by Crippen LogP contribution is 2.29. The van der Waals surface area contributed by atoms with Gasteiger partial charge in [-0.1, -0.05) is 41.7 Å². The molecule has 68 valence electrons. The Labute approximate surface area is 88.0 Å². The topological polar surface area (TPSA) is 9.23 Å². The SMILES string of the molecule is C=C1C[C@@H](C)O[C@H](/C=C/I)[C@H]1C. The predicted molar refractivity (Wildman–Crippen MR) is 60.4 cm³/mol. The smallest absolute Gasteiger partial charge is 0.0829 e. The zero-order valence-corrected chi connectivity index (χ0v) is 9.74. The lowest BCUT2D eigenvalue weighted by Crippen LogP contribution is -2.32. The molecule has 1 aliphatic rings. The number of rotatable bonds is 1. The fourth-order valence-electron chi connectivity index (χ4n) is 1.51. The van der Waals surface area contributed by atoms with Gasteiger partial charge < -0.3 is 4.74 Å². The predicted octanol–water partition coefficient (Wildman–Crippen LogP) is 3.30. The van der Waals surface area contributed by atoms with Gasteiger partial charge in [-0.05, 0) is 23.5 Å². The Morgan fingerprint density at radius 1 is 1.58 bits per heavy atom. The van der Waals surface area contributed by atoms with E-state index in [-0.39, 0.29) is 6.10 Å². The second-order valence-electron chi connectivity index (χ2n) is 3.38. The monoisotopic (exact) mass is 278 g/mol. The van der Waals surface area contributed by atoms with Crippen LogP contribution in [0.25, 0.3) is 0 Å². The van der Waals surface area contributed by atoms with E-state index in [4.69, 9.17) is 4.74 Å². The molecule has 0 aromatic rings. The first-order valence-corrected chi connectivity index (χ1v) is 5.49. The normalized spacial score (nSPS) is 37.6. The first-order chi connectivity index (χ1) is 5.65. The van der Waals surface area contributed by atoms with Gasteiger partial charge in [0.15, 0.2) is 0 Å². The van der Waals surface area contributed by atoms with Crippen LogP contribution in [0.2, 0.25) is 0 Å². The molecular formula is C10H15IO. The van der Waals surface area contributed by atoms with E-state index in [0.29, 0.717) is 12.0 Å². The summed E-state index contributed by atoms with van der Waals surface area (Å²) < 4.78 is 7.78. The summed E-state index contributed by atoms with van der Waals surface area (Å²) in [4.78, 5) is 0. The Balaban J connectivity index is 2.66. The number of ether oxygens (including phenoxy) is 1.